The van der Waals surface area contributed by atoms with Crippen molar-refractivity contribution in [1.29, 1.82) is 0 Å². The fourth-order valence-electron chi connectivity index (χ4n) is 5.75. The van der Waals surface area contributed by atoms with Gasteiger partial charge in [-0.25, -0.2) is 0 Å². The highest BCUT2D eigenvalue weighted by Gasteiger charge is 2.18. The molecule has 160 valence electrons. The van der Waals surface area contributed by atoms with Crippen LogP contribution in [0.4, 0.5) is 0 Å². The summed E-state index contributed by atoms with van der Waals surface area (Å²) in [6.07, 6.45) is 0. The molecule has 34 heavy (non-hydrogen) atoms. The van der Waals surface area contributed by atoms with Gasteiger partial charge in [0.25, 0.3) is 0 Å². The van der Waals surface area contributed by atoms with Crippen molar-refractivity contribution in [2.45, 2.75) is 0 Å². The van der Waals surface area contributed by atoms with Gasteiger partial charge < -0.3 is 13.6 Å². The molecule has 5 aromatic carbocycles. The third kappa shape index (κ3) is 2.21. The Morgan fingerprint density at radius 2 is 1.03 bits per heavy atom. The van der Waals surface area contributed by atoms with Crippen LogP contribution >= 0.6 is 0 Å². The standard InChI is InChI=1S/C31H20N2O/c1-32-26-13-7-5-11-20(26)22-15-24-25-16-23-21-12-6-8-14-27(21)33(19-9-3-2-4-10-19)29(23)18-31(25)34-30(24)17-28(22)32/h2-18H,1H3. The lowest BCUT2D eigenvalue weighted by molar-refractivity contribution is 0.669. The summed E-state index contributed by atoms with van der Waals surface area (Å²) in [5.41, 5.74) is 7.80. The number of aromatic nitrogens is 2. The van der Waals surface area contributed by atoms with Gasteiger partial charge in [0, 0.05) is 62.7 Å². The Morgan fingerprint density at radius 3 is 1.76 bits per heavy atom. The number of para-hydroxylation sites is 3. The van der Waals surface area contributed by atoms with Crippen LogP contribution in [0.3, 0.4) is 0 Å². The highest BCUT2D eigenvalue weighted by atomic mass is 16.3. The fourth-order valence-corrected chi connectivity index (χ4v) is 5.75. The second kappa shape index (κ2) is 6.30. The van der Waals surface area contributed by atoms with Gasteiger partial charge in [-0.1, -0.05) is 54.6 Å². The molecule has 0 aliphatic heterocycles. The number of rotatable bonds is 1. The molecule has 8 aromatic rings. The van der Waals surface area contributed by atoms with E-state index in [9.17, 15) is 0 Å². The second-order valence-corrected chi connectivity index (χ2v) is 9.10. The van der Waals surface area contributed by atoms with E-state index in [0.717, 1.165) is 33.1 Å². The molecule has 0 aliphatic carbocycles. The molecule has 3 heteroatoms. The van der Waals surface area contributed by atoms with Crippen molar-refractivity contribution >= 4 is 65.6 Å². The molecule has 3 aromatic heterocycles. The molecule has 3 nitrogen and oxygen atoms in total. The summed E-state index contributed by atoms with van der Waals surface area (Å²) in [5.74, 6) is 0. The lowest BCUT2D eigenvalue weighted by Crippen LogP contribution is -1.92. The highest BCUT2D eigenvalue weighted by molar-refractivity contribution is 6.20. The summed E-state index contributed by atoms with van der Waals surface area (Å²) < 4.78 is 11.1. The average Bonchev–Trinajstić information content (AvgIpc) is 3.50. The number of fused-ring (bicyclic) bond motifs is 9. The van der Waals surface area contributed by atoms with Crippen LogP contribution in [-0.4, -0.2) is 9.13 Å². The normalized spacial score (nSPS) is 12.3. The van der Waals surface area contributed by atoms with Crippen LogP contribution in [0.5, 0.6) is 0 Å². The van der Waals surface area contributed by atoms with Crippen molar-refractivity contribution in [3.8, 4) is 5.69 Å². The molecule has 0 spiro atoms. The van der Waals surface area contributed by atoms with Gasteiger partial charge in [0.2, 0.25) is 0 Å². The van der Waals surface area contributed by atoms with E-state index in [1.807, 2.05) is 0 Å². The molecule has 0 amide bonds. The number of furan rings is 1. The Bertz CT molecular complexity index is 2070. The Balaban J connectivity index is 1.53. The molecule has 8 rings (SSSR count). The molecule has 0 radical (unpaired) electrons. The maximum atomic E-state index is 6.48. The molecule has 0 aliphatic rings. The quantitative estimate of drug-likeness (QED) is 0.254. The lowest BCUT2D eigenvalue weighted by atomic mass is 10.1. The monoisotopic (exact) mass is 436 g/mol. The van der Waals surface area contributed by atoms with Gasteiger partial charge in [0.05, 0.1) is 16.6 Å². The third-order valence-corrected chi connectivity index (χ3v) is 7.31. The van der Waals surface area contributed by atoms with Gasteiger partial charge in [-0.3, -0.25) is 0 Å². The van der Waals surface area contributed by atoms with Crippen LogP contribution in [0.2, 0.25) is 0 Å². The Labute approximate surface area is 195 Å². The van der Waals surface area contributed by atoms with E-state index >= 15 is 0 Å². The first kappa shape index (κ1) is 18.0. The van der Waals surface area contributed by atoms with Crippen molar-refractivity contribution in [3.63, 3.8) is 0 Å². The lowest BCUT2D eigenvalue weighted by Gasteiger charge is -2.07. The van der Waals surface area contributed by atoms with Gasteiger partial charge >= 0.3 is 0 Å². The molecule has 0 bridgehead atoms. The molecule has 0 atom stereocenters. The summed E-state index contributed by atoms with van der Waals surface area (Å²) in [6, 6.07) is 36.8. The summed E-state index contributed by atoms with van der Waals surface area (Å²) in [4.78, 5) is 0. The zero-order valence-corrected chi connectivity index (χ0v) is 18.6. The van der Waals surface area contributed by atoms with Crippen molar-refractivity contribution in [2.24, 2.45) is 7.05 Å². The number of aryl methyl sites for hydroxylation is 1. The average molecular weight is 437 g/mol. The van der Waals surface area contributed by atoms with E-state index in [-0.39, 0.29) is 0 Å². The van der Waals surface area contributed by atoms with E-state index in [1.54, 1.807) is 0 Å². The van der Waals surface area contributed by atoms with Gasteiger partial charge in [0.15, 0.2) is 0 Å². The molecule has 0 saturated carbocycles. The molecule has 0 fully saturated rings. The Hall–Kier alpha value is -4.50. The van der Waals surface area contributed by atoms with Crippen LogP contribution in [-0.2, 0) is 7.05 Å². The van der Waals surface area contributed by atoms with E-state index in [4.69, 9.17) is 4.42 Å². The first-order valence-electron chi connectivity index (χ1n) is 11.6. The third-order valence-electron chi connectivity index (χ3n) is 7.31. The van der Waals surface area contributed by atoms with E-state index in [0.29, 0.717) is 0 Å². The minimum absolute atomic E-state index is 0.919. The van der Waals surface area contributed by atoms with Crippen molar-refractivity contribution in [1.82, 2.24) is 9.13 Å². The van der Waals surface area contributed by atoms with Gasteiger partial charge in [-0.15, -0.1) is 0 Å². The molecular formula is C31H20N2O. The summed E-state index contributed by atoms with van der Waals surface area (Å²) in [5, 5.41) is 7.36. The topological polar surface area (TPSA) is 23.0 Å². The van der Waals surface area contributed by atoms with Crippen LogP contribution in [0, 0.1) is 0 Å². The zero-order valence-electron chi connectivity index (χ0n) is 18.6. The van der Waals surface area contributed by atoms with E-state index < -0.39 is 0 Å². The van der Waals surface area contributed by atoms with Gasteiger partial charge in [-0.05, 0) is 36.4 Å². The maximum Gasteiger partial charge on any atom is 0.137 e. The Kier molecular flexibility index (Phi) is 3.33. The first-order valence-corrected chi connectivity index (χ1v) is 11.6. The van der Waals surface area contributed by atoms with Crippen LogP contribution in [0.25, 0.3) is 71.2 Å². The number of hydrogen-bond acceptors (Lipinski definition) is 1. The van der Waals surface area contributed by atoms with Crippen molar-refractivity contribution in [3.05, 3.63) is 103 Å². The summed E-state index contributed by atoms with van der Waals surface area (Å²) >= 11 is 0. The van der Waals surface area contributed by atoms with Gasteiger partial charge in [-0.2, -0.15) is 0 Å². The fraction of sp³-hybridized carbons (Fsp3) is 0.0323. The first-order chi connectivity index (χ1) is 16.8. The van der Waals surface area contributed by atoms with Gasteiger partial charge in [0.1, 0.15) is 11.2 Å². The molecule has 3 heterocycles. The molecule has 0 N–H and O–H groups in total. The predicted octanol–water partition coefficient (Wildman–Crippen LogP) is 8.33. The number of nitrogens with zero attached hydrogens (tertiary/aromatic N) is 2. The second-order valence-electron chi connectivity index (χ2n) is 9.10. The molecule has 0 saturated heterocycles. The SMILES string of the molecule is Cn1c2ccccc2c2cc3c(cc21)oc1cc2c(cc13)c1ccccc1n2-c1ccccc1. The summed E-state index contributed by atoms with van der Waals surface area (Å²) in [7, 11) is 2.13. The van der Waals surface area contributed by atoms with Crippen LogP contribution in [0.15, 0.2) is 108 Å². The molecular weight excluding hydrogens is 416 g/mol. The minimum atomic E-state index is 0.919. The zero-order chi connectivity index (χ0) is 22.4. The van der Waals surface area contributed by atoms with Crippen LogP contribution in [0.1, 0.15) is 0 Å². The number of hydrogen-bond donors (Lipinski definition) is 0. The Morgan fingerprint density at radius 1 is 0.471 bits per heavy atom. The van der Waals surface area contributed by atoms with E-state index in [2.05, 4.69) is 119 Å². The van der Waals surface area contributed by atoms with Crippen molar-refractivity contribution < 1.29 is 4.42 Å². The maximum absolute atomic E-state index is 6.48. The summed E-state index contributed by atoms with van der Waals surface area (Å²) in [6.45, 7) is 0. The van der Waals surface area contributed by atoms with Crippen molar-refractivity contribution in [2.75, 3.05) is 0 Å². The number of benzene rings is 5. The predicted molar refractivity (Wildman–Crippen MR) is 142 cm³/mol. The largest absolute Gasteiger partial charge is 0.456 e. The highest BCUT2D eigenvalue weighted by Crippen LogP contribution is 2.40. The van der Waals surface area contributed by atoms with Crippen LogP contribution < -0.4 is 0 Å². The smallest absolute Gasteiger partial charge is 0.137 e. The minimum Gasteiger partial charge on any atom is -0.456 e. The van der Waals surface area contributed by atoms with E-state index in [1.165, 1.54) is 38.1 Å². The molecule has 0 unspecified atom stereocenters.